The molecule has 1 aliphatic rings. The standard InChI is InChI=1S/C6H8O2.C4H12O2Si/c1-5-3-2-4-8-6(5)7;1-3-5-7-6-4-2/h3H,2,4H2,1H3;3-4,7H2,1-2H3. The van der Waals surface area contributed by atoms with Gasteiger partial charge in [-0.1, -0.05) is 6.08 Å². The highest BCUT2D eigenvalue weighted by molar-refractivity contribution is 6.17. The molecule has 0 fully saturated rings. The Labute approximate surface area is 93.7 Å². The number of ether oxygens (including phenoxy) is 1. The molecule has 1 rings (SSSR count). The minimum atomic E-state index is -0.589. The van der Waals surface area contributed by atoms with Crippen LogP contribution in [0.25, 0.3) is 0 Å². The van der Waals surface area contributed by atoms with E-state index in [4.69, 9.17) is 8.85 Å². The molecule has 0 aromatic rings. The second-order valence-electron chi connectivity index (χ2n) is 2.92. The van der Waals surface area contributed by atoms with E-state index in [0.29, 0.717) is 6.61 Å². The van der Waals surface area contributed by atoms with Crippen LogP contribution in [0, 0.1) is 0 Å². The molecule has 0 amide bonds. The first-order valence-corrected chi connectivity index (χ1v) is 6.37. The quantitative estimate of drug-likeness (QED) is 0.411. The molecule has 0 radical (unpaired) electrons. The largest absolute Gasteiger partial charge is 0.462 e. The third-order valence-electron chi connectivity index (χ3n) is 1.70. The van der Waals surface area contributed by atoms with Gasteiger partial charge in [0.25, 0.3) is 0 Å². The molecule has 0 saturated carbocycles. The minimum absolute atomic E-state index is 0.170. The van der Waals surface area contributed by atoms with Gasteiger partial charge in [-0.15, -0.1) is 0 Å². The van der Waals surface area contributed by atoms with Gasteiger partial charge in [0.15, 0.2) is 0 Å². The van der Waals surface area contributed by atoms with Crippen molar-refractivity contribution in [3.63, 3.8) is 0 Å². The first kappa shape index (κ1) is 14.3. The second-order valence-corrected chi connectivity index (χ2v) is 3.97. The van der Waals surface area contributed by atoms with E-state index in [9.17, 15) is 4.79 Å². The van der Waals surface area contributed by atoms with E-state index in [2.05, 4.69) is 4.74 Å². The number of carbonyl (C=O) groups is 1. The number of hydrogen-bond acceptors (Lipinski definition) is 4. The number of rotatable bonds is 4. The van der Waals surface area contributed by atoms with Gasteiger partial charge >= 0.3 is 16.0 Å². The van der Waals surface area contributed by atoms with E-state index in [0.717, 1.165) is 25.2 Å². The van der Waals surface area contributed by atoms with Crippen LogP contribution in [-0.4, -0.2) is 35.8 Å². The molecule has 1 heterocycles. The number of esters is 1. The number of hydrogen-bond donors (Lipinski definition) is 0. The van der Waals surface area contributed by atoms with Crippen LogP contribution in [0.4, 0.5) is 0 Å². The van der Waals surface area contributed by atoms with E-state index in [1.54, 1.807) is 6.92 Å². The summed E-state index contributed by atoms with van der Waals surface area (Å²) in [6.45, 7) is 7.87. The summed E-state index contributed by atoms with van der Waals surface area (Å²) < 4.78 is 14.7. The van der Waals surface area contributed by atoms with Crippen molar-refractivity contribution in [2.45, 2.75) is 27.2 Å². The van der Waals surface area contributed by atoms with Gasteiger partial charge in [0.2, 0.25) is 0 Å². The van der Waals surface area contributed by atoms with Crippen LogP contribution in [0.3, 0.4) is 0 Å². The number of cyclic esters (lactones) is 1. The summed E-state index contributed by atoms with van der Waals surface area (Å²) in [5.41, 5.74) is 0.733. The molecule has 15 heavy (non-hydrogen) atoms. The molecule has 0 saturated heterocycles. The maximum absolute atomic E-state index is 10.5. The lowest BCUT2D eigenvalue weighted by Crippen LogP contribution is -2.11. The monoisotopic (exact) mass is 232 g/mol. The molecule has 0 spiro atoms. The predicted molar refractivity (Wildman–Crippen MR) is 61.1 cm³/mol. The van der Waals surface area contributed by atoms with Gasteiger partial charge in [0.1, 0.15) is 0 Å². The summed E-state index contributed by atoms with van der Waals surface area (Å²) in [7, 11) is -0.589. The Morgan fingerprint density at radius 2 is 2.00 bits per heavy atom. The topological polar surface area (TPSA) is 44.8 Å². The van der Waals surface area contributed by atoms with Gasteiger partial charge < -0.3 is 13.6 Å². The number of carbonyl (C=O) groups excluding carboxylic acids is 1. The maximum atomic E-state index is 10.5. The van der Waals surface area contributed by atoms with Crippen molar-refractivity contribution in [2.24, 2.45) is 0 Å². The molecule has 0 aliphatic carbocycles. The van der Waals surface area contributed by atoms with Gasteiger partial charge in [-0.2, -0.15) is 0 Å². The lowest BCUT2D eigenvalue weighted by Gasteiger charge is -2.07. The van der Waals surface area contributed by atoms with Crippen molar-refractivity contribution >= 4 is 16.0 Å². The molecule has 1 aliphatic heterocycles. The Morgan fingerprint density at radius 1 is 1.40 bits per heavy atom. The Balaban J connectivity index is 0.000000265. The zero-order valence-corrected chi connectivity index (χ0v) is 11.2. The Hall–Kier alpha value is -0.653. The Bertz CT molecular complexity index is 200. The minimum Gasteiger partial charge on any atom is -0.462 e. The van der Waals surface area contributed by atoms with Crippen molar-refractivity contribution in [3.8, 4) is 0 Å². The van der Waals surface area contributed by atoms with E-state index >= 15 is 0 Å². The lowest BCUT2D eigenvalue weighted by molar-refractivity contribution is -0.139. The summed E-state index contributed by atoms with van der Waals surface area (Å²) >= 11 is 0. The Morgan fingerprint density at radius 3 is 2.33 bits per heavy atom. The van der Waals surface area contributed by atoms with Crippen LogP contribution < -0.4 is 0 Å². The second kappa shape index (κ2) is 9.89. The first-order valence-electron chi connectivity index (χ1n) is 5.21. The SMILES string of the molecule is CC1=CCCOC1=O.CCO[SiH2]OCC. The van der Waals surface area contributed by atoms with Crippen molar-refractivity contribution in [1.29, 1.82) is 0 Å². The molecule has 5 heteroatoms. The molecule has 0 unspecified atom stereocenters. The third kappa shape index (κ3) is 8.35. The summed E-state index contributed by atoms with van der Waals surface area (Å²) in [5, 5.41) is 0. The van der Waals surface area contributed by atoms with Gasteiger partial charge in [0.05, 0.1) is 6.61 Å². The average molecular weight is 232 g/mol. The molecule has 0 N–H and O–H groups in total. The lowest BCUT2D eigenvalue weighted by atomic mass is 10.2. The molecular weight excluding hydrogens is 212 g/mol. The molecular formula is C10H20O4Si. The fourth-order valence-corrected chi connectivity index (χ4v) is 1.30. The highest BCUT2D eigenvalue weighted by atomic mass is 28.3. The molecule has 0 bridgehead atoms. The average Bonchev–Trinajstić information content (AvgIpc) is 2.24. The van der Waals surface area contributed by atoms with Crippen LogP contribution in [0.5, 0.6) is 0 Å². The first-order chi connectivity index (χ1) is 7.22. The van der Waals surface area contributed by atoms with Crippen LogP contribution in [0.2, 0.25) is 0 Å². The third-order valence-corrected chi connectivity index (χ3v) is 2.85. The van der Waals surface area contributed by atoms with Gasteiger partial charge in [-0.25, -0.2) is 4.79 Å². The summed E-state index contributed by atoms with van der Waals surface area (Å²) in [5.74, 6) is -0.170. The van der Waals surface area contributed by atoms with Crippen LogP contribution in [0.15, 0.2) is 11.6 Å². The van der Waals surface area contributed by atoms with E-state index < -0.39 is 10.0 Å². The van der Waals surface area contributed by atoms with Gasteiger partial charge in [-0.3, -0.25) is 0 Å². The fraction of sp³-hybridized carbons (Fsp3) is 0.700. The normalized spacial score (nSPS) is 14.9. The van der Waals surface area contributed by atoms with Crippen LogP contribution >= 0.6 is 0 Å². The predicted octanol–water partition coefficient (Wildman–Crippen LogP) is 0.938. The molecule has 88 valence electrons. The Kier molecular flexibility index (Phi) is 9.45. The highest BCUT2D eigenvalue weighted by Gasteiger charge is 2.08. The van der Waals surface area contributed by atoms with Gasteiger partial charge in [-0.05, 0) is 20.8 Å². The molecule has 0 atom stereocenters. The van der Waals surface area contributed by atoms with Gasteiger partial charge in [0, 0.05) is 25.2 Å². The highest BCUT2D eigenvalue weighted by Crippen LogP contribution is 2.04. The molecule has 0 aromatic carbocycles. The molecule has 0 aromatic heterocycles. The van der Waals surface area contributed by atoms with Crippen molar-refractivity contribution < 1.29 is 18.4 Å². The summed E-state index contributed by atoms with van der Waals surface area (Å²) in [6, 6.07) is 0. The van der Waals surface area contributed by atoms with Crippen molar-refractivity contribution in [3.05, 3.63) is 11.6 Å². The summed E-state index contributed by atoms with van der Waals surface area (Å²) in [6.07, 6.45) is 2.77. The molecule has 4 nitrogen and oxygen atoms in total. The van der Waals surface area contributed by atoms with Crippen molar-refractivity contribution in [2.75, 3.05) is 19.8 Å². The zero-order valence-electron chi connectivity index (χ0n) is 9.75. The van der Waals surface area contributed by atoms with Crippen molar-refractivity contribution in [1.82, 2.24) is 0 Å². The fourth-order valence-electron chi connectivity index (χ4n) is 0.850. The van der Waals surface area contributed by atoms with E-state index in [1.807, 2.05) is 19.9 Å². The zero-order chi connectivity index (χ0) is 11.5. The maximum Gasteiger partial charge on any atom is 0.333 e. The van der Waals surface area contributed by atoms with Crippen LogP contribution in [0.1, 0.15) is 27.2 Å². The smallest absolute Gasteiger partial charge is 0.333 e. The summed E-state index contributed by atoms with van der Waals surface area (Å²) in [4.78, 5) is 10.5. The van der Waals surface area contributed by atoms with E-state index in [-0.39, 0.29) is 5.97 Å². The van der Waals surface area contributed by atoms with Crippen LogP contribution in [-0.2, 0) is 18.4 Å². The van der Waals surface area contributed by atoms with E-state index in [1.165, 1.54) is 0 Å².